The number of hydrogen-bond acceptors (Lipinski definition) is 4. The molecule has 1 saturated heterocycles. The monoisotopic (exact) mass is 418 g/mol. The summed E-state index contributed by atoms with van der Waals surface area (Å²) < 4.78 is 5.10. The highest BCUT2D eigenvalue weighted by Gasteiger charge is 2.27. The Hall–Kier alpha value is -2.77. The molecular weight excluding hydrogens is 384 g/mol. The lowest BCUT2D eigenvalue weighted by molar-refractivity contribution is -0.136. The molecule has 1 aliphatic rings. The fourth-order valence-corrected chi connectivity index (χ4v) is 3.54. The third-order valence-corrected chi connectivity index (χ3v) is 5.53. The van der Waals surface area contributed by atoms with Crippen molar-refractivity contribution in [2.75, 3.05) is 26.7 Å². The molecule has 30 heavy (non-hydrogen) atoms. The van der Waals surface area contributed by atoms with Crippen molar-refractivity contribution in [2.24, 2.45) is 5.92 Å². The molecule has 0 saturated carbocycles. The second-order valence-electron chi connectivity index (χ2n) is 7.56. The maximum atomic E-state index is 12.4. The molecule has 8 nitrogen and oxygen atoms in total. The Morgan fingerprint density at radius 3 is 2.27 bits per heavy atom. The molecule has 0 radical (unpaired) electrons. The van der Waals surface area contributed by atoms with Gasteiger partial charge in [0.15, 0.2) is 0 Å². The van der Waals surface area contributed by atoms with Gasteiger partial charge >= 0.3 is 6.03 Å². The number of carbonyl (C=O) groups is 3. The summed E-state index contributed by atoms with van der Waals surface area (Å²) in [6.45, 7) is 5.68. The molecule has 1 fully saturated rings. The van der Waals surface area contributed by atoms with Crippen LogP contribution in [-0.4, -0.2) is 55.5 Å². The molecule has 0 aliphatic carbocycles. The largest absolute Gasteiger partial charge is 0.497 e. The minimum atomic E-state index is -0.362. The number of piperidine rings is 1. The smallest absolute Gasteiger partial charge is 0.315 e. The number of nitrogens with zero attached hydrogens (tertiary/aromatic N) is 1. The first-order valence-corrected chi connectivity index (χ1v) is 10.7. The van der Waals surface area contributed by atoms with E-state index in [1.54, 1.807) is 7.11 Å². The van der Waals surface area contributed by atoms with Gasteiger partial charge in [0.1, 0.15) is 5.75 Å². The molecule has 1 heterocycles. The molecule has 4 amide bonds. The van der Waals surface area contributed by atoms with Crippen molar-refractivity contribution in [1.82, 2.24) is 20.9 Å². The van der Waals surface area contributed by atoms with E-state index in [2.05, 4.69) is 16.0 Å². The quantitative estimate of drug-likeness (QED) is 0.571. The van der Waals surface area contributed by atoms with Crippen LogP contribution in [0, 0.1) is 5.92 Å². The number of benzene rings is 1. The number of ether oxygens (including phenoxy) is 1. The normalized spacial score (nSPS) is 14.3. The van der Waals surface area contributed by atoms with E-state index in [0.717, 1.165) is 37.0 Å². The van der Waals surface area contributed by atoms with Gasteiger partial charge in [0, 0.05) is 31.6 Å². The van der Waals surface area contributed by atoms with Gasteiger partial charge in [-0.05, 0) is 43.4 Å². The zero-order chi connectivity index (χ0) is 21.9. The molecule has 0 atom stereocenters. The Bertz CT molecular complexity index is 696. The van der Waals surface area contributed by atoms with E-state index in [1.165, 1.54) is 0 Å². The molecule has 1 aromatic carbocycles. The van der Waals surface area contributed by atoms with Gasteiger partial charge in [-0.3, -0.25) is 9.59 Å². The van der Waals surface area contributed by atoms with Crippen molar-refractivity contribution in [2.45, 2.75) is 52.1 Å². The van der Waals surface area contributed by atoms with Crippen LogP contribution in [0.4, 0.5) is 4.79 Å². The van der Waals surface area contributed by atoms with Gasteiger partial charge in [0.05, 0.1) is 13.7 Å². The van der Waals surface area contributed by atoms with Crippen molar-refractivity contribution < 1.29 is 19.1 Å². The van der Waals surface area contributed by atoms with Crippen molar-refractivity contribution in [3.63, 3.8) is 0 Å². The van der Waals surface area contributed by atoms with Crippen LogP contribution < -0.4 is 20.7 Å². The molecule has 3 N–H and O–H groups in total. The Balaban J connectivity index is 1.63. The summed E-state index contributed by atoms with van der Waals surface area (Å²) in [4.78, 5) is 38.4. The average Bonchev–Trinajstić information content (AvgIpc) is 2.78. The maximum absolute atomic E-state index is 12.4. The van der Waals surface area contributed by atoms with E-state index < -0.39 is 0 Å². The zero-order valence-electron chi connectivity index (χ0n) is 18.2. The second-order valence-corrected chi connectivity index (χ2v) is 7.56. The number of rotatable bonds is 9. The van der Waals surface area contributed by atoms with Crippen molar-refractivity contribution in [3.05, 3.63) is 29.8 Å². The molecule has 0 unspecified atom stereocenters. The van der Waals surface area contributed by atoms with Crippen LogP contribution >= 0.6 is 0 Å². The molecule has 1 aromatic rings. The topological polar surface area (TPSA) is 99.8 Å². The summed E-state index contributed by atoms with van der Waals surface area (Å²) in [6, 6.07) is 7.06. The zero-order valence-corrected chi connectivity index (χ0v) is 18.2. The number of likely N-dealkylation sites (tertiary alicyclic amines) is 1. The average molecular weight is 419 g/mol. The number of urea groups is 1. The van der Waals surface area contributed by atoms with Crippen LogP contribution in [0.2, 0.25) is 0 Å². The van der Waals surface area contributed by atoms with Crippen LogP contribution in [0.25, 0.3) is 0 Å². The van der Waals surface area contributed by atoms with Crippen LogP contribution in [0.5, 0.6) is 5.75 Å². The standard InChI is InChI=1S/C22H34N4O4/c1-4-17(5-2)21(28)26-12-10-18(11-13-26)25-22(29)24-15-20(27)23-14-16-6-8-19(30-3)9-7-16/h6-9,17-18H,4-5,10-15H2,1-3H3,(H,23,27)(H2,24,25,29). The van der Waals surface area contributed by atoms with E-state index >= 15 is 0 Å². The van der Waals surface area contributed by atoms with Gasteiger partial charge in [-0.1, -0.05) is 26.0 Å². The van der Waals surface area contributed by atoms with E-state index in [0.29, 0.717) is 19.6 Å². The summed E-state index contributed by atoms with van der Waals surface area (Å²) in [6.07, 6.45) is 3.17. The highest BCUT2D eigenvalue weighted by molar-refractivity contribution is 5.84. The molecule has 0 bridgehead atoms. The van der Waals surface area contributed by atoms with Gasteiger partial charge in [0.2, 0.25) is 11.8 Å². The summed E-state index contributed by atoms with van der Waals surface area (Å²) in [5.74, 6) is 0.811. The highest BCUT2D eigenvalue weighted by atomic mass is 16.5. The minimum absolute atomic E-state index is 0.0121. The predicted molar refractivity (Wildman–Crippen MR) is 115 cm³/mol. The third kappa shape index (κ3) is 7.24. The number of amides is 4. The minimum Gasteiger partial charge on any atom is -0.497 e. The fraction of sp³-hybridized carbons (Fsp3) is 0.591. The lowest BCUT2D eigenvalue weighted by Gasteiger charge is -2.34. The van der Waals surface area contributed by atoms with Gasteiger partial charge in [-0.2, -0.15) is 0 Å². The van der Waals surface area contributed by atoms with Gasteiger partial charge in [0.25, 0.3) is 0 Å². The lowest BCUT2D eigenvalue weighted by atomic mass is 9.98. The Labute approximate surface area is 178 Å². The summed E-state index contributed by atoms with van der Waals surface area (Å²) >= 11 is 0. The number of methoxy groups -OCH3 is 1. The van der Waals surface area contributed by atoms with E-state index in [4.69, 9.17) is 4.74 Å². The molecular formula is C22H34N4O4. The molecule has 2 rings (SSSR count). The first kappa shape index (κ1) is 23.5. The second kappa shape index (κ2) is 12.0. The number of hydrogen-bond donors (Lipinski definition) is 3. The van der Waals surface area contributed by atoms with Crippen LogP contribution in [0.3, 0.4) is 0 Å². The van der Waals surface area contributed by atoms with E-state index in [9.17, 15) is 14.4 Å². The van der Waals surface area contributed by atoms with Crippen molar-refractivity contribution >= 4 is 17.8 Å². The third-order valence-electron chi connectivity index (χ3n) is 5.53. The molecule has 0 aromatic heterocycles. The van der Waals surface area contributed by atoms with Crippen molar-refractivity contribution in [1.29, 1.82) is 0 Å². The molecule has 0 spiro atoms. The number of nitrogens with one attached hydrogen (secondary N) is 3. The van der Waals surface area contributed by atoms with E-state index in [1.807, 2.05) is 43.0 Å². The van der Waals surface area contributed by atoms with Gasteiger partial charge < -0.3 is 25.6 Å². The van der Waals surface area contributed by atoms with Crippen LogP contribution in [0.15, 0.2) is 24.3 Å². The Kier molecular flexibility index (Phi) is 9.44. The van der Waals surface area contributed by atoms with Gasteiger partial charge in [-0.25, -0.2) is 4.79 Å². The molecule has 8 heteroatoms. The SMILES string of the molecule is CCC(CC)C(=O)N1CCC(NC(=O)NCC(=O)NCc2ccc(OC)cc2)CC1. The summed E-state index contributed by atoms with van der Waals surface area (Å²) in [5, 5.41) is 8.26. The lowest BCUT2D eigenvalue weighted by Crippen LogP contribution is -2.51. The van der Waals surface area contributed by atoms with Crippen molar-refractivity contribution in [3.8, 4) is 5.75 Å². The van der Waals surface area contributed by atoms with Crippen LogP contribution in [0.1, 0.15) is 45.1 Å². The molecule has 166 valence electrons. The predicted octanol–water partition coefficient (Wildman–Crippen LogP) is 2.04. The number of carbonyl (C=O) groups excluding carboxylic acids is 3. The summed E-state index contributed by atoms with van der Waals surface area (Å²) in [5.41, 5.74) is 0.947. The first-order chi connectivity index (χ1) is 14.5. The van der Waals surface area contributed by atoms with Crippen LogP contribution in [-0.2, 0) is 16.1 Å². The van der Waals surface area contributed by atoms with E-state index in [-0.39, 0.29) is 36.3 Å². The highest BCUT2D eigenvalue weighted by Crippen LogP contribution is 2.17. The maximum Gasteiger partial charge on any atom is 0.315 e. The molecule has 1 aliphatic heterocycles. The Morgan fingerprint density at radius 2 is 1.70 bits per heavy atom. The summed E-state index contributed by atoms with van der Waals surface area (Å²) in [7, 11) is 1.60. The fourth-order valence-electron chi connectivity index (χ4n) is 3.54. The van der Waals surface area contributed by atoms with Gasteiger partial charge in [-0.15, -0.1) is 0 Å². The Morgan fingerprint density at radius 1 is 1.07 bits per heavy atom. The first-order valence-electron chi connectivity index (χ1n) is 10.7.